The molecule has 0 aliphatic heterocycles. The molecule has 0 amide bonds. The number of nitrogens with zero attached hydrogens (tertiary/aromatic N) is 1. The Morgan fingerprint density at radius 2 is 1.71 bits per heavy atom. The summed E-state index contributed by atoms with van der Waals surface area (Å²) in [7, 11) is 0.0943. The van der Waals surface area contributed by atoms with Crippen molar-refractivity contribution in [3.05, 3.63) is 0 Å². The van der Waals surface area contributed by atoms with Gasteiger partial charge in [0.1, 0.15) is 5.60 Å². The summed E-state index contributed by atoms with van der Waals surface area (Å²) < 4.78 is 11.5. The largest absolute Gasteiger partial charge is 0.400 e. The minimum atomic E-state index is -1.68. The second-order valence-electron chi connectivity index (χ2n) is 6.14. The summed E-state index contributed by atoms with van der Waals surface area (Å²) in [4.78, 5) is 0. The number of methoxy groups -OCH3 is 1. The van der Waals surface area contributed by atoms with Gasteiger partial charge in [0.15, 0.2) is 8.32 Å². The molecule has 0 bridgehead atoms. The third-order valence-electron chi connectivity index (χ3n) is 3.53. The quantitative estimate of drug-likeness (QED) is 0.724. The van der Waals surface area contributed by atoms with Gasteiger partial charge in [-0.15, -0.1) is 0 Å². The van der Waals surface area contributed by atoms with E-state index < -0.39 is 13.9 Å². The first-order valence-corrected chi connectivity index (χ1v) is 9.86. The zero-order chi connectivity index (χ0) is 13.1. The molecule has 17 heavy (non-hydrogen) atoms. The van der Waals surface area contributed by atoms with Crippen molar-refractivity contribution in [2.45, 2.75) is 64.0 Å². The Hall–Kier alpha value is -0.373. The van der Waals surface area contributed by atoms with Crippen LogP contribution in [-0.4, -0.2) is 27.1 Å². The highest BCUT2D eigenvalue weighted by Crippen LogP contribution is 2.37. The average Bonchev–Trinajstić information content (AvgIpc) is 2.27. The van der Waals surface area contributed by atoms with Crippen molar-refractivity contribution in [2.75, 3.05) is 7.11 Å². The second-order valence-corrected chi connectivity index (χ2v) is 10.6. The highest BCUT2D eigenvalue weighted by atomic mass is 28.4. The monoisotopic (exact) mass is 255 g/mol. The van der Waals surface area contributed by atoms with Gasteiger partial charge in [-0.25, -0.2) is 0 Å². The number of ether oxygens (including phenoxy) is 1. The van der Waals surface area contributed by atoms with Gasteiger partial charge < -0.3 is 9.16 Å². The van der Waals surface area contributed by atoms with Crippen LogP contribution in [0.4, 0.5) is 0 Å². The molecule has 0 aromatic heterocycles. The Labute approximate surface area is 106 Å². The first-order valence-electron chi connectivity index (χ1n) is 6.45. The van der Waals surface area contributed by atoms with Crippen molar-refractivity contribution >= 4 is 8.32 Å². The summed E-state index contributed by atoms with van der Waals surface area (Å²) in [6.07, 6.45) is 4.54. The van der Waals surface area contributed by atoms with Gasteiger partial charge >= 0.3 is 0 Å². The van der Waals surface area contributed by atoms with Crippen molar-refractivity contribution in [2.24, 2.45) is 5.92 Å². The molecule has 1 rings (SSSR count). The van der Waals surface area contributed by atoms with Crippen molar-refractivity contribution in [3.8, 4) is 6.07 Å². The van der Waals surface area contributed by atoms with Gasteiger partial charge in [-0.05, 0) is 52.2 Å². The summed E-state index contributed by atoms with van der Waals surface area (Å²) in [5.74, 6) is 0.352. The summed E-state index contributed by atoms with van der Waals surface area (Å²) >= 11 is 0. The topological polar surface area (TPSA) is 42.2 Å². The standard InChI is InChI=1S/C13H25NO2Si/c1-13(10-14,16-17(3,4)5)11-6-8-12(15-2)9-7-11/h11-12H,6-9H2,1-5H3. The van der Waals surface area contributed by atoms with Gasteiger partial charge in [0.25, 0.3) is 0 Å². The van der Waals surface area contributed by atoms with E-state index in [1.807, 2.05) is 6.92 Å². The minimum absolute atomic E-state index is 0.352. The lowest BCUT2D eigenvalue weighted by atomic mass is 9.77. The highest BCUT2D eigenvalue weighted by Gasteiger charge is 2.40. The van der Waals surface area contributed by atoms with Gasteiger partial charge in [0.05, 0.1) is 12.2 Å². The van der Waals surface area contributed by atoms with E-state index in [0.717, 1.165) is 25.7 Å². The molecule has 3 nitrogen and oxygen atoms in total. The van der Waals surface area contributed by atoms with E-state index in [1.165, 1.54) is 0 Å². The predicted octanol–water partition coefficient (Wildman–Crippen LogP) is 3.33. The van der Waals surface area contributed by atoms with Crippen LogP contribution in [0.1, 0.15) is 32.6 Å². The maximum atomic E-state index is 9.44. The Kier molecular flexibility index (Phi) is 4.76. The third kappa shape index (κ3) is 4.09. The normalized spacial score (nSPS) is 29.4. The number of hydrogen-bond donors (Lipinski definition) is 0. The lowest BCUT2D eigenvalue weighted by Crippen LogP contribution is -2.46. The predicted molar refractivity (Wildman–Crippen MR) is 71.2 cm³/mol. The maximum absolute atomic E-state index is 9.44. The van der Waals surface area contributed by atoms with E-state index in [1.54, 1.807) is 7.11 Å². The van der Waals surface area contributed by atoms with Gasteiger partial charge in [-0.2, -0.15) is 5.26 Å². The molecule has 4 heteroatoms. The summed E-state index contributed by atoms with van der Waals surface area (Å²) in [5.41, 5.74) is -0.608. The fourth-order valence-corrected chi connectivity index (χ4v) is 4.17. The molecule has 0 heterocycles. The maximum Gasteiger partial charge on any atom is 0.185 e. The molecule has 1 aliphatic carbocycles. The van der Waals surface area contributed by atoms with Crippen LogP contribution in [0.15, 0.2) is 0 Å². The molecular formula is C13H25NO2Si. The van der Waals surface area contributed by atoms with Crippen LogP contribution in [0.5, 0.6) is 0 Å². The number of rotatable bonds is 4. The van der Waals surface area contributed by atoms with Crippen LogP contribution in [0.3, 0.4) is 0 Å². The SMILES string of the molecule is COC1CCC(C(C)(C#N)O[Si](C)(C)C)CC1. The zero-order valence-corrected chi connectivity index (χ0v) is 12.7. The molecule has 1 unspecified atom stereocenters. The molecule has 1 saturated carbocycles. The molecule has 1 atom stereocenters. The van der Waals surface area contributed by atoms with E-state index in [0.29, 0.717) is 12.0 Å². The second kappa shape index (κ2) is 5.51. The van der Waals surface area contributed by atoms with Crippen molar-refractivity contribution in [1.29, 1.82) is 5.26 Å². The van der Waals surface area contributed by atoms with Crippen LogP contribution in [0.2, 0.25) is 19.6 Å². The first kappa shape index (κ1) is 14.7. The van der Waals surface area contributed by atoms with Crippen molar-refractivity contribution in [1.82, 2.24) is 0 Å². The summed E-state index contributed by atoms with van der Waals surface area (Å²) in [6.45, 7) is 8.39. The molecule has 0 aromatic carbocycles. The summed E-state index contributed by atoms with van der Waals surface area (Å²) in [6, 6.07) is 2.41. The molecule has 1 fully saturated rings. The van der Waals surface area contributed by atoms with E-state index in [2.05, 4.69) is 25.7 Å². The Morgan fingerprint density at radius 3 is 2.06 bits per heavy atom. The fourth-order valence-electron chi connectivity index (χ4n) is 2.68. The van der Waals surface area contributed by atoms with Gasteiger partial charge in [0, 0.05) is 13.0 Å². The highest BCUT2D eigenvalue weighted by molar-refractivity contribution is 6.69. The Bertz CT molecular complexity index is 287. The summed E-state index contributed by atoms with van der Waals surface area (Å²) in [5, 5.41) is 9.44. The third-order valence-corrected chi connectivity index (χ3v) is 4.56. The number of nitriles is 1. The molecule has 0 spiro atoms. The van der Waals surface area contributed by atoms with Crippen LogP contribution in [0, 0.1) is 17.2 Å². The number of hydrogen-bond acceptors (Lipinski definition) is 3. The lowest BCUT2D eigenvalue weighted by Gasteiger charge is -2.40. The lowest BCUT2D eigenvalue weighted by molar-refractivity contribution is 0.00345. The van der Waals surface area contributed by atoms with Crippen LogP contribution < -0.4 is 0 Å². The average molecular weight is 255 g/mol. The fraction of sp³-hybridized carbons (Fsp3) is 0.923. The van der Waals surface area contributed by atoms with Gasteiger partial charge in [0.2, 0.25) is 0 Å². The minimum Gasteiger partial charge on any atom is -0.400 e. The molecule has 98 valence electrons. The van der Waals surface area contributed by atoms with Crippen LogP contribution in [-0.2, 0) is 9.16 Å². The molecule has 0 saturated heterocycles. The van der Waals surface area contributed by atoms with E-state index in [-0.39, 0.29) is 0 Å². The molecular weight excluding hydrogens is 230 g/mol. The van der Waals surface area contributed by atoms with Crippen molar-refractivity contribution in [3.63, 3.8) is 0 Å². The zero-order valence-electron chi connectivity index (χ0n) is 11.7. The van der Waals surface area contributed by atoms with Crippen molar-refractivity contribution < 1.29 is 9.16 Å². The molecule has 0 N–H and O–H groups in total. The van der Waals surface area contributed by atoms with E-state index >= 15 is 0 Å². The van der Waals surface area contributed by atoms with Gasteiger partial charge in [-0.3, -0.25) is 0 Å². The smallest absolute Gasteiger partial charge is 0.185 e. The molecule has 0 radical (unpaired) electrons. The molecule has 1 aliphatic rings. The Morgan fingerprint density at radius 1 is 1.18 bits per heavy atom. The van der Waals surface area contributed by atoms with Crippen LogP contribution >= 0.6 is 0 Å². The van der Waals surface area contributed by atoms with Gasteiger partial charge in [-0.1, -0.05) is 0 Å². The van der Waals surface area contributed by atoms with Crippen LogP contribution in [0.25, 0.3) is 0 Å². The molecule has 0 aromatic rings. The van der Waals surface area contributed by atoms with E-state index in [9.17, 15) is 5.26 Å². The Balaban J connectivity index is 2.66. The van der Waals surface area contributed by atoms with E-state index in [4.69, 9.17) is 9.16 Å². The first-order chi connectivity index (χ1) is 7.80.